The van der Waals surface area contributed by atoms with Crippen LogP contribution in [0.2, 0.25) is 0 Å². The summed E-state index contributed by atoms with van der Waals surface area (Å²) in [5.74, 6) is 0.974. The summed E-state index contributed by atoms with van der Waals surface area (Å²) in [4.78, 5) is 7.65. The number of hydroxylamine groups is 2. The van der Waals surface area contributed by atoms with Gasteiger partial charge in [0.25, 0.3) is 0 Å². The van der Waals surface area contributed by atoms with Crippen LogP contribution in [0.5, 0.6) is 5.75 Å². The molecule has 0 N–H and O–H groups in total. The van der Waals surface area contributed by atoms with E-state index in [9.17, 15) is 0 Å². The highest BCUT2D eigenvalue weighted by atomic mass is 16.7. The first kappa shape index (κ1) is 16.3. The van der Waals surface area contributed by atoms with Gasteiger partial charge in [0.2, 0.25) is 0 Å². The first-order valence-electron chi connectivity index (χ1n) is 7.83. The fraction of sp³-hybridized carbons (Fsp3) is 0.647. The Kier molecular flexibility index (Phi) is 6.03. The molecule has 1 saturated heterocycles. The lowest BCUT2D eigenvalue weighted by Gasteiger charge is -2.34. The van der Waals surface area contributed by atoms with Crippen LogP contribution in [0.4, 0.5) is 0 Å². The summed E-state index contributed by atoms with van der Waals surface area (Å²) < 4.78 is 6.10. The van der Waals surface area contributed by atoms with Crippen molar-refractivity contribution in [3.8, 4) is 5.75 Å². The van der Waals surface area contributed by atoms with Gasteiger partial charge in [-0.3, -0.25) is 0 Å². The highest BCUT2D eigenvalue weighted by Crippen LogP contribution is 2.20. The number of hydrogen-bond donors (Lipinski definition) is 0. The number of likely N-dealkylation sites (tertiary alicyclic amines) is 1. The van der Waals surface area contributed by atoms with Crippen LogP contribution >= 0.6 is 0 Å². The van der Waals surface area contributed by atoms with E-state index in [1.807, 2.05) is 7.05 Å². The van der Waals surface area contributed by atoms with Crippen LogP contribution in [0, 0.1) is 0 Å². The maximum absolute atomic E-state index is 6.10. The largest absolute Gasteiger partial charge is 0.490 e. The summed E-state index contributed by atoms with van der Waals surface area (Å²) in [6, 6.07) is 8.98. The van der Waals surface area contributed by atoms with Crippen LogP contribution in [0.1, 0.15) is 32.3 Å². The zero-order chi connectivity index (χ0) is 15.2. The fourth-order valence-electron chi connectivity index (χ4n) is 2.70. The standard InChI is InChI=1S/C17H28N2O2/c1-14(2)19-11-9-17(10-12-19)21-16-7-5-15(6-8-16)13-18(3)20-4/h5-8,14,17H,9-13H2,1-4H3. The Morgan fingerprint density at radius 1 is 1.19 bits per heavy atom. The summed E-state index contributed by atoms with van der Waals surface area (Å²) in [6.07, 6.45) is 2.59. The number of hydrogen-bond acceptors (Lipinski definition) is 4. The zero-order valence-corrected chi connectivity index (χ0v) is 13.7. The molecule has 4 nitrogen and oxygen atoms in total. The summed E-state index contributed by atoms with van der Waals surface area (Å²) >= 11 is 0. The van der Waals surface area contributed by atoms with Gasteiger partial charge in [0, 0.05) is 32.7 Å². The molecule has 1 aromatic rings. The lowest BCUT2D eigenvalue weighted by molar-refractivity contribution is -0.116. The normalized spacial score (nSPS) is 17.6. The Labute approximate surface area is 128 Å². The zero-order valence-electron chi connectivity index (χ0n) is 13.7. The summed E-state index contributed by atoms with van der Waals surface area (Å²) in [5.41, 5.74) is 1.22. The van der Waals surface area contributed by atoms with Crippen molar-refractivity contribution in [3.63, 3.8) is 0 Å². The molecule has 2 rings (SSSR count). The number of piperidine rings is 1. The highest BCUT2D eigenvalue weighted by molar-refractivity contribution is 5.27. The van der Waals surface area contributed by atoms with E-state index in [1.54, 1.807) is 12.2 Å². The molecule has 21 heavy (non-hydrogen) atoms. The molecule has 0 unspecified atom stereocenters. The Morgan fingerprint density at radius 3 is 2.33 bits per heavy atom. The van der Waals surface area contributed by atoms with Gasteiger partial charge >= 0.3 is 0 Å². The average Bonchev–Trinajstić information content (AvgIpc) is 2.49. The van der Waals surface area contributed by atoms with Crippen LogP contribution in [0.3, 0.4) is 0 Å². The minimum atomic E-state index is 0.354. The van der Waals surface area contributed by atoms with E-state index in [0.717, 1.165) is 38.2 Å². The van der Waals surface area contributed by atoms with Crippen molar-refractivity contribution >= 4 is 0 Å². The van der Waals surface area contributed by atoms with Gasteiger partial charge in [-0.2, -0.15) is 5.06 Å². The van der Waals surface area contributed by atoms with E-state index in [4.69, 9.17) is 9.57 Å². The van der Waals surface area contributed by atoms with E-state index in [-0.39, 0.29) is 0 Å². The predicted octanol–water partition coefficient (Wildman–Crippen LogP) is 2.93. The quantitative estimate of drug-likeness (QED) is 0.753. The van der Waals surface area contributed by atoms with Crippen molar-refractivity contribution in [2.75, 3.05) is 27.2 Å². The summed E-state index contributed by atoms with van der Waals surface area (Å²) in [6.45, 7) is 7.58. The summed E-state index contributed by atoms with van der Waals surface area (Å²) in [7, 11) is 3.61. The third kappa shape index (κ3) is 4.99. The molecule has 1 heterocycles. The molecule has 0 bridgehead atoms. The highest BCUT2D eigenvalue weighted by Gasteiger charge is 2.21. The molecular weight excluding hydrogens is 264 g/mol. The van der Waals surface area contributed by atoms with Crippen LogP contribution in [-0.4, -0.2) is 49.4 Å². The molecule has 0 aliphatic carbocycles. The Bertz CT molecular complexity index is 411. The molecule has 1 aliphatic rings. The lowest BCUT2D eigenvalue weighted by atomic mass is 10.1. The van der Waals surface area contributed by atoms with Gasteiger partial charge in [0.15, 0.2) is 0 Å². The number of rotatable bonds is 6. The van der Waals surface area contributed by atoms with Crippen molar-refractivity contribution in [2.24, 2.45) is 0 Å². The number of benzene rings is 1. The Hall–Kier alpha value is -1.10. The second-order valence-electron chi connectivity index (χ2n) is 6.06. The van der Waals surface area contributed by atoms with Crippen LogP contribution in [-0.2, 0) is 11.4 Å². The first-order valence-corrected chi connectivity index (χ1v) is 7.83. The molecule has 118 valence electrons. The summed E-state index contributed by atoms with van der Waals surface area (Å²) in [5, 5.41) is 1.80. The van der Waals surface area contributed by atoms with Crippen molar-refractivity contribution < 1.29 is 9.57 Å². The van der Waals surface area contributed by atoms with Gasteiger partial charge in [-0.25, -0.2) is 0 Å². The van der Waals surface area contributed by atoms with Crippen molar-refractivity contribution in [2.45, 2.75) is 45.4 Å². The molecule has 0 aromatic heterocycles. The Morgan fingerprint density at radius 2 is 1.81 bits per heavy atom. The van der Waals surface area contributed by atoms with E-state index < -0.39 is 0 Å². The Balaban J connectivity index is 1.81. The monoisotopic (exact) mass is 292 g/mol. The molecule has 0 atom stereocenters. The van der Waals surface area contributed by atoms with Crippen molar-refractivity contribution in [1.29, 1.82) is 0 Å². The van der Waals surface area contributed by atoms with E-state index in [2.05, 4.69) is 43.0 Å². The third-order valence-corrected chi connectivity index (χ3v) is 4.15. The van der Waals surface area contributed by atoms with Gasteiger partial charge < -0.3 is 14.5 Å². The molecule has 4 heteroatoms. The van der Waals surface area contributed by atoms with Crippen molar-refractivity contribution in [3.05, 3.63) is 29.8 Å². The van der Waals surface area contributed by atoms with E-state index >= 15 is 0 Å². The van der Waals surface area contributed by atoms with Crippen molar-refractivity contribution in [1.82, 2.24) is 9.96 Å². The minimum absolute atomic E-state index is 0.354. The molecule has 0 radical (unpaired) electrons. The molecule has 1 aromatic carbocycles. The lowest BCUT2D eigenvalue weighted by Crippen LogP contribution is -2.41. The van der Waals surface area contributed by atoms with Gasteiger partial charge in [-0.05, 0) is 44.4 Å². The minimum Gasteiger partial charge on any atom is -0.490 e. The molecular formula is C17H28N2O2. The second-order valence-corrected chi connectivity index (χ2v) is 6.06. The molecule has 0 amide bonds. The van der Waals surface area contributed by atoms with Crippen LogP contribution < -0.4 is 4.74 Å². The van der Waals surface area contributed by atoms with Gasteiger partial charge in [0.1, 0.15) is 11.9 Å². The van der Waals surface area contributed by atoms with Gasteiger partial charge in [0.05, 0.1) is 7.11 Å². The molecule has 0 saturated carbocycles. The van der Waals surface area contributed by atoms with Gasteiger partial charge in [-0.15, -0.1) is 0 Å². The predicted molar refractivity (Wildman–Crippen MR) is 85.3 cm³/mol. The smallest absolute Gasteiger partial charge is 0.119 e. The topological polar surface area (TPSA) is 24.9 Å². The third-order valence-electron chi connectivity index (χ3n) is 4.15. The average molecular weight is 292 g/mol. The second kappa shape index (κ2) is 7.78. The van der Waals surface area contributed by atoms with Crippen LogP contribution in [0.15, 0.2) is 24.3 Å². The molecule has 1 fully saturated rings. The maximum Gasteiger partial charge on any atom is 0.119 e. The molecule has 0 spiro atoms. The van der Waals surface area contributed by atoms with E-state index in [0.29, 0.717) is 12.1 Å². The first-order chi connectivity index (χ1) is 10.1. The molecule has 1 aliphatic heterocycles. The number of ether oxygens (including phenoxy) is 1. The SMILES string of the molecule is CON(C)Cc1ccc(OC2CCN(C(C)C)CC2)cc1. The maximum atomic E-state index is 6.10. The number of nitrogens with zero attached hydrogens (tertiary/aromatic N) is 2. The van der Waals surface area contributed by atoms with Crippen LogP contribution in [0.25, 0.3) is 0 Å². The fourth-order valence-corrected chi connectivity index (χ4v) is 2.70. The van der Waals surface area contributed by atoms with Gasteiger partial charge in [-0.1, -0.05) is 12.1 Å². The van der Waals surface area contributed by atoms with E-state index in [1.165, 1.54) is 5.56 Å².